The molecule has 2 N–H and O–H groups in total. The molecule has 0 radical (unpaired) electrons. The van der Waals surface area contributed by atoms with Crippen molar-refractivity contribution in [3.05, 3.63) is 0 Å². The highest BCUT2D eigenvalue weighted by Gasteiger charge is 2.36. The van der Waals surface area contributed by atoms with E-state index in [9.17, 15) is 4.57 Å². The summed E-state index contributed by atoms with van der Waals surface area (Å²) in [6.07, 6.45) is 2.04. The normalized spacial score (nSPS) is 17.7. The fourth-order valence-corrected chi connectivity index (χ4v) is 3.33. The Morgan fingerprint density at radius 3 is 1.92 bits per heavy atom. The fraction of sp³-hybridized carbons (Fsp3) is 1.00. The molecular formula is C8H20N3OP. The zero-order valence-electron chi connectivity index (χ0n) is 8.55. The van der Waals surface area contributed by atoms with Gasteiger partial charge in [-0.25, -0.2) is 14.8 Å². The maximum absolute atomic E-state index is 12.2. The minimum atomic E-state index is -2.38. The van der Waals surface area contributed by atoms with Crippen molar-refractivity contribution in [1.29, 1.82) is 0 Å². The first-order valence-corrected chi connectivity index (χ1v) is 6.74. The van der Waals surface area contributed by atoms with Gasteiger partial charge in [-0.2, -0.15) is 0 Å². The molecular weight excluding hydrogens is 185 g/mol. The van der Waals surface area contributed by atoms with Crippen LogP contribution < -0.4 is 10.2 Å². The lowest BCUT2D eigenvalue weighted by molar-refractivity contribution is 0.520. The van der Waals surface area contributed by atoms with Gasteiger partial charge in [-0.1, -0.05) is 13.8 Å². The lowest BCUT2D eigenvalue weighted by Crippen LogP contribution is -2.28. The van der Waals surface area contributed by atoms with E-state index in [-0.39, 0.29) is 0 Å². The van der Waals surface area contributed by atoms with Crippen LogP contribution in [0.2, 0.25) is 0 Å². The Kier molecular flexibility index (Phi) is 4.39. The van der Waals surface area contributed by atoms with Crippen LogP contribution in [0.15, 0.2) is 0 Å². The Bertz CT molecular complexity index is 182. The molecule has 0 amide bonds. The van der Waals surface area contributed by atoms with Crippen molar-refractivity contribution in [2.24, 2.45) is 0 Å². The van der Waals surface area contributed by atoms with E-state index in [1.165, 1.54) is 0 Å². The quantitative estimate of drug-likeness (QED) is 0.487. The lowest BCUT2D eigenvalue weighted by atomic mass is 10.5. The van der Waals surface area contributed by atoms with Gasteiger partial charge in [0.2, 0.25) is 0 Å². The Hall–Kier alpha value is 0.110. The van der Waals surface area contributed by atoms with Gasteiger partial charge in [0.1, 0.15) is 0 Å². The Balaban J connectivity index is 2.37. The van der Waals surface area contributed by atoms with Crippen molar-refractivity contribution in [2.45, 2.75) is 26.7 Å². The Morgan fingerprint density at radius 1 is 1.15 bits per heavy atom. The van der Waals surface area contributed by atoms with Crippen molar-refractivity contribution in [3.8, 4) is 0 Å². The second-order valence-electron chi connectivity index (χ2n) is 3.35. The molecule has 0 unspecified atom stereocenters. The first-order valence-electron chi connectivity index (χ1n) is 5.08. The highest BCUT2D eigenvalue weighted by Crippen LogP contribution is 2.45. The average Bonchev–Trinajstić information content (AvgIpc) is 2.94. The topological polar surface area (TPSA) is 44.1 Å². The standard InChI is InChI=1S/C8H20N3OP/c1-3-5-9-13(12,10-6-4-2)11-7-8-11/h3-8H2,1-2H3,(H2,9,10,12). The summed E-state index contributed by atoms with van der Waals surface area (Å²) in [5.74, 6) is 0. The van der Waals surface area contributed by atoms with E-state index >= 15 is 0 Å². The van der Waals surface area contributed by atoms with Crippen LogP contribution >= 0.6 is 7.59 Å². The third-order valence-electron chi connectivity index (χ3n) is 1.97. The van der Waals surface area contributed by atoms with Crippen LogP contribution in [-0.2, 0) is 4.57 Å². The summed E-state index contributed by atoms with van der Waals surface area (Å²) in [7, 11) is -2.38. The van der Waals surface area contributed by atoms with E-state index in [4.69, 9.17) is 0 Å². The molecule has 1 saturated heterocycles. The zero-order chi connectivity index (χ0) is 9.73. The van der Waals surface area contributed by atoms with Crippen LogP contribution in [0, 0.1) is 0 Å². The summed E-state index contributed by atoms with van der Waals surface area (Å²) in [6.45, 7) is 7.74. The largest absolute Gasteiger partial charge is 0.281 e. The molecule has 1 rings (SSSR count). The molecule has 1 aliphatic heterocycles. The molecule has 5 heteroatoms. The predicted molar refractivity (Wildman–Crippen MR) is 55.8 cm³/mol. The van der Waals surface area contributed by atoms with Gasteiger partial charge < -0.3 is 0 Å². The van der Waals surface area contributed by atoms with Crippen molar-refractivity contribution in [1.82, 2.24) is 14.8 Å². The molecule has 0 aromatic rings. The van der Waals surface area contributed by atoms with Crippen LogP contribution in [0.5, 0.6) is 0 Å². The maximum atomic E-state index is 12.2. The molecule has 78 valence electrons. The van der Waals surface area contributed by atoms with E-state index in [0.29, 0.717) is 0 Å². The number of nitrogens with one attached hydrogen (secondary N) is 2. The van der Waals surface area contributed by atoms with E-state index in [1.807, 2.05) is 4.67 Å². The summed E-state index contributed by atoms with van der Waals surface area (Å²) in [5, 5.41) is 6.23. The fourth-order valence-electron chi connectivity index (χ4n) is 1.11. The van der Waals surface area contributed by atoms with Gasteiger partial charge in [0.25, 0.3) is 7.59 Å². The van der Waals surface area contributed by atoms with Gasteiger partial charge in [-0.05, 0) is 12.8 Å². The van der Waals surface area contributed by atoms with Crippen LogP contribution in [-0.4, -0.2) is 30.8 Å². The second-order valence-corrected chi connectivity index (χ2v) is 5.70. The minimum Gasteiger partial charge on any atom is -0.271 e. The highest BCUT2D eigenvalue weighted by atomic mass is 31.2. The molecule has 1 heterocycles. The van der Waals surface area contributed by atoms with Crippen LogP contribution in [0.3, 0.4) is 0 Å². The molecule has 4 nitrogen and oxygen atoms in total. The molecule has 1 aliphatic rings. The molecule has 0 atom stereocenters. The lowest BCUT2D eigenvalue weighted by Gasteiger charge is -2.20. The van der Waals surface area contributed by atoms with Crippen molar-refractivity contribution >= 4 is 7.59 Å². The molecule has 0 spiro atoms. The maximum Gasteiger partial charge on any atom is 0.281 e. The summed E-state index contributed by atoms with van der Waals surface area (Å²) >= 11 is 0. The second kappa shape index (κ2) is 5.11. The van der Waals surface area contributed by atoms with E-state index in [0.717, 1.165) is 39.0 Å². The third-order valence-corrected chi connectivity index (χ3v) is 4.48. The van der Waals surface area contributed by atoms with Gasteiger partial charge >= 0.3 is 0 Å². The van der Waals surface area contributed by atoms with Crippen molar-refractivity contribution in [3.63, 3.8) is 0 Å². The molecule has 0 aromatic heterocycles. The molecule has 13 heavy (non-hydrogen) atoms. The summed E-state index contributed by atoms with van der Waals surface area (Å²) < 4.78 is 14.2. The number of rotatable bonds is 7. The predicted octanol–water partition coefficient (Wildman–Crippen LogP) is 1.41. The SMILES string of the molecule is CCCNP(=O)(NCCC)N1CC1. The summed E-state index contributed by atoms with van der Waals surface area (Å²) in [5.41, 5.74) is 0. The van der Waals surface area contributed by atoms with Crippen molar-refractivity contribution in [2.75, 3.05) is 26.2 Å². The third kappa shape index (κ3) is 3.39. The molecule has 0 aromatic carbocycles. The minimum absolute atomic E-state index is 0.824. The first-order chi connectivity index (χ1) is 6.23. The van der Waals surface area contributed by atoms with Gasteiger partial charge in [0.05, 0.1) is 0 Å². The summed E-state index contributed by atoms with van der Waals surface area (Å²) in [6, 6.07) is 0. The van der Waals surface area contributed by atoms with Gasteiger partial charge in [-0.3, -0.25) is 4.57 Å². The molecule has 0 saturated carbocycles. The monoisotopic (exact) mass is 205 g/mol. The molecule has 0 aliphatic carbocycles. The number of nitrogens with zero attached hydrogens (tertiary/aromatic N) is 1. The highest BCUT2D eigenvalue weighted by molar-refractivity contribution is 7.57. The average molecular weight is 205 g/mol. The number of hydrogen-bond acceptors (Lipinski definition) is 1. The van der Waals surface area contributed by atoms with Crippen LogP contribution in [0.1, 0.15) is 26.7 Å². The first kappa shape index (κ1) is 11.2. The smallest absolute Gasteiger partial charge is 0.271 e. The van der Waals surface area contributed by atoms with Crippen LogP contribution in [0.4, 0.5) is 0 Å². The van der Waals surface area contributed by atoms with E-state index < -0.39 is 7.59 Å². The van der Waals surface area contributed by atoms with E-state index in [2.05, 4.69) is 24.0 Å². The number of hydrogen-bond donors (Lipinski definition) is 2. The Labute approximate surface area is 80.6 Å². The summed E-state index contributed by atoms with van der Waals surface area (Å²) in [4.78, 5) is 0. The van der Waals surface area contributed by atoms with Crippen LogP contribution in [0.25, 0.3) is 0 Å². The van der Waals surface area contributed by atoms with Gasteiger partial charge in [0.15, 0.2) is 0 Å². The van der Waals surface area contributed by atoms with Crippen molar-refractivity contribution < 1.29 is 4.57 Å². The molecule has 0 bridgehead atoms. The zero-order valence-corrected chi connectivity index (χ0v) is 9.44. The van der Waals surface area contributed by atoms with Gasteiger partial charge in [0, 0.05) is 26.2 Å². The van der Waals surface area contributed by atoms with Gasteiger partial charge in [-0.15, -0.1) is 0 Å². The van der Waals surface area contributed by atoms with E-state index in [1.54, 1.807) is 0 Å². The Morgan fingerprint density at radius 2 is 1.62 bits per heavy atom. The molecule has 1 fully saturated rings.